The van der Waals surface area contributed by atoms with E-state index in [4.69, 9.17) is 0 Å². The summed E-state index contributed by atoms with van der Waals surface area (Å²) < 4.78 is 0. The van der Waals surface area contributed by atoms with Crippen LogP contribution in [0.25, 0.3) is 0 Å². The molecule has 3 amide bonds. The van der Waals surface area contributed by atoms with Gasteiger partial charge < -0.3 is 15.5 Å². The highest BCUT2D eigenvalue weighted by molar-refractivity contribution is 6.39. The predicted molar refractivity (Wildman–Crippen MR) is 85.0 cm³/mol. The number of nitrogens with one attached hydrogen (secondary N) is 2. The molecule has 0 fully saturated rings. The van der Waals surface area contributed by atoms with Gasteiger partial charge in [0.05, 0.1) is 0 Å². The van der Waals surface area contributed by atoms with E-state index in [1.807, 2.05) is 13.0 Å². The Bertz CT molecular complexity index is 570. The van der Waals surface area contributed by atoms with Crippen molar-refractivity contribution in [2.75, 3.05) is 18.4 Å². The van der Waals surface area contributed by atoms with E-state index in [1.165, 1.54) is 13.0 Å². The van der Waals surface area contributed by atoms with Crippen molar-refractivity contribution < 1.29 is 14.4 Å². The standard InChI is InChI=1S/C16H21N3O3/c1-4-9-17-15(21)16(22)18-14-8-6-7-13(10-14)11-19(5-2)12(3)20/h4,6-8,10H,1,5,9,11H2,2-3H3,(H,17,21)(H,18,22). The average molecular weight is 303 g/mol. The minimum absolute atomic E-state index is 0.0132. The minimum atomic E-state index is -0.738. The number of nitrogens with zero attached hydrogens (tertiary/aromatic N) is 1. The van der Waals surface area contributed by atoms with Crippen LogP contribution in [0.4, 0.5) is 5.69 Å². The summed E-state index contributed by atoms with van der Waals surface area (Å²) >= 11 is 0. The van der Waals surface area contributed by atoms with Crippen molar-refractivity contribution in [1.82, 2.24) is 10.2 Å². The fraction of sp³-hybridized carbons (Fsp3) is 0.312. The summed E-state index contributed by atoms with van der Waals surface area (Å²) in [4.78, 5) is 36.3. The van der Waals surface area contributed by atoms with Gasteiger partial charge in [-0.3, -0.25) is 14.4 Å². The minimum Gasteiger partial charge on any atom is -0.344 e. The highest BCUT2D eigenvalue weighted by Gasteiger charge is 2.13. The Morgan fingerprint density at radius 3 is 2.59 bits per heavy atom. The lowest BCUT2D eigenvalue weighted by molar-refractivity contribution is -0.136. The van der Waals surface area contributed by atoms with Crippen molar-refractivity contribution in [3.8, 4) is 0 Å². The Morgan fingerprint density at radius 2 is 2.00 bits per heavy atom. The zero-order valence-corrected chi connectivity index (χ0v) is 12.9. The number of anilines is 1. The molecule has 22 heavy (non-hydrogen) atoms. The zero-order chi connectivity index (χ0) is 16.5. The molecule has 0 unspecified atom stereocenters. The summed E-state index contributed by atoms with van der Waals surface area (Å²) in [7, 11) is 0. The van der Waals surface area contributed by atoms with Crippen LogP contribution in [0.5, 0.6) is 0 Å². The van der Waals surface area contributed by atoms with E-state index in [1.54, 1.807) is 23.1 Å². The van der Waals surface area contributed by atoms with Crippen LogP contribution in [0.1, 0.15) is 19.4 Å². The molecule has 1 aromatic rings. The third-order valence-electron chi connectivity index (χ3n) is 3.00. The summed E-state index contributed by atoms with van der Waals surface area (Å²) in [5.41, 5.74) is 1.39. The van der Waals surface area contributed by atoms with Gasteiger partial charge in [0.2, 0.25) is 5.91 Å². The van der Waals surface area contributed by atoms with E-state index in [-0.39, 0.29) is 12.5 Å². The van der Waals surface area contributed by atoms with Gasteiger partial charge in [-0.05, 0) is 24.6 Å². The van der Waals surface area contributed by atoms with Gasteiger partial charge in [-0.1, -0.05) is 18.2 Å². The molecule has 0 aliphatic carbocycles. The molecule has 0 saturated heterocycles. The first-order chi connectivity index (χ1) is 10.5. The van der Waals surface area contributed by atoms with Gasteiger partial charge in [-0.25, -0.2) is 0 Å². The zero-order valence-electron chi connectivity index (χ0n) is 12.9. The van der Waals surface area contributed by atoms with Crippen LogP contribution < -0.4 is 10.6 Å². The molecule has 1 rings (SSSR count). The summed E-state index contributed by atoms with van der Waals surface area (Å²) in [6.45, 7) is 8.17. The molecule has 0 heterocycles. The molecule has 0 atom stereocenters. The second kappa shape index (κ2) is 8.61. The van der Waals surface area contributed by atoms with Gasteiger partial charge in [-0.2, -0.15) is 0 Å². The van der Waals surface area contributed by atoms with Crippen LogP contribution in [0.2, 0.25) is 0 Å². The first kappa shape index (κ1) is 17.4. The average Bonchev–Trinajstić information content (AvgIpc) is 2.50. The third-order valence-corrected chi connectivity index (χ3v) is 3.00. The first-order valence-electron chi connectivity index (χ1n) is 7.02. The summed E-state index contributed by atoms with van der Waals surface area (Å²) in [5.74, 6) is -1.47. The van der Waals surface area contributed by atoms with Crippen LogP contribution in [0.15, 0.2) is 36.9 Å². The molecule has 6 heteroatoms. The molecule has 0 aliphatic heterocycles. The Hall–Kier alpha value is -2.63. The molecule has 1 aromatic carbocycles. The molecule has 0 spiro atoms. The van der Waals surface area contributed by atoms with Crippen LogP contribution in [0.3, 0.4) is 0 Å². The topological polar surface area (TPSA) is 78.5 Å². The lowest BCUT2D eigenvalue weighted by Crippen LogP contribution is -2.35. The maximum Gasteiger partial charge on any atom is 0.313 e. The SMILES string of the molecule is C=CCNC(=O)C(=O)Nc1cccc(CN(CC)C(C)=O)c1. The number of amides is 3. The quantitative estimate of drug-likeness (QED) is 0.614. The largest absolute Gasteiger partial charge is 0.344 e. The van der Waals surface area contributed by atoms with E-state index < -0.39 is 11.8 Å². The van der Waals surface area contributed by atoms with Crippen LogP contribution in [-0.2, 0) is 20.9 Å². The van der Waals surface area contributed by atoms with E-state index in [2.05, 4.69) is 17.2 Å². The molecular formula is C16H21N3O3. The molecule has 0 radical (unpaired) electrons. The molecule has 6 nitrogen and oxygen atoms in total. The van der Waals surface area contributed by atoms with E-state index >= 15 is 0 Å². The first-order valence-corrected chi connectivity index (χ1v) is 7.02. The Kier molecular flexibility index (Phi) is 6.82. The number of hydrogen-bond acceptors (Lipinski definition) is 3. The van der Waals surface area contributed by atoms with Gasteiger partial charge >= 0.3 is 11.8 Å². The van der Waals surface area contributed by atoms with Crippen LogP contribution >= 0.6 is 0 Å². The maximum absolute atomic E-state index is 11.7. The van der Waals surface area contributed by atoms with E-state index in [0.29, 0.717) is 18.8 Å². The lowest BCUT2D eigenvalue weighted by Gasteiger charge is -2.19. The summed E-state index contributed by atoms with van der Waals surface area (Å²) in [6.07, 6.45) is 1.49. The highest BCUT2D eigenvalue weighted by atomic mass is 16.2. The Morgan fingerprint density at radius 1 is 1.27 bits per heavy atom. The molecule has 0 aromatic heterocycles. The van der Waals surface area contributed by atoms with Gasteiger partial charge in [0, 0.05) is 32.2 Å². The molecular weight excluding hydrogens is 282 g/mol. The normalized spacial score (nSPS) is 9.73. The fourth-order valence-corrected chi connectivity index (χ4v) is 1.85. The fourth-order valence-electron chi connectivity index (χ4n) is 1.85. The number of carbonyl (C=O) groups excluding carboxylic acids is 3. The van der Waals surface area contributed by atoms with E-state index in [9.17, 15) is 14.4 Å². The highest BCUT2D eigenvalue weighted by Crippen LogP contribution is 2.13. The monoisotopic (exact) mass is 303 g/mol. The predicted octanol–water partition coefficient (Wildman–Crippen LogP) is 1.30. The van der Waals surface area contributed by atoms with Gasteiger partial charge in [0.1, 0.15) is 0 Å². The van der Waals surface area contributed by atoms with Gasteiger partial charge in [0.25, 0.3) is 0 Å². The number of carbonyl (C=O) groups is 3. The molecule has 0 saturated carbocycles. The summed E-state index contributed by atoms with van der Waals surface area (Å²) in [5, 5.41) is 4.92. The number of rotatable bonds is 6. The second-order valence-corrected chi connectivity index (χ2v) is 4.69. The van der Waals surface area contributed by atoms with Gasteiger partial charge in [-0.15, -0.1) is 6.58 Å². The van der Waals surface area contributed by atoms with Crippen LogP contribution in [-0.4, -0.2) is 35.7 Å². The van der Waals surface area contributed by atoms with Crippen molar-refractivity contribution in [2.24, 2.45) is 0 Å². The molecule has 118 valence electrons. The summed E-state index contributed by atoms with van der Waals surface area (Å²) in [6, 6.07) is 7.05. The van der Waals surface area contributed by atoms with Crippen molar-refractivity contribution >= 4 is 23.4 Å². The smallest absolute Gasteiger partial charge is 0.313 e. The van der Waals surface area contributed by atoms with Gasteiger partial charge in [0.15, 0.2) is 0 Å². The third kappa shape index (κ3) is 5.40. The van der Waals surface area contributed by atoms with Crippen molar-refractivity contribution in [1.29, 1.82) is 0 Å². The van der Waals surface area contributed by atoms with Crippen LogP contribution in [0, 0.1) is 0 Å². The Balaban J connectivity index is 2.71. The second-order valence-electron chi connectivity index (χ2n) is 4.69. The van der Waals surface area contributed by atoms with E-state index in [0.717, 1.165) is 5.56 Å². The maximum atomic E-state index is 11.7. The molecule has 2 N–H and O–H groups in total. The molecule has 0 aliphatic rings. The van der Waals surface area contributed by atoms with Crippen molar-refractivity contribution in [2.45, 2.75) is 20.4 Å². The number of hydrogen-bond donors (Lipinski definition) is 2. The number of benzene rings is 1. The van der Waals surface area contributed by atoms with Crippen molar-refractivity contribution in [3.05, 3.63) is 42.5 Å². The lowest BCUT2D eigenvalue weighted by atomic mass is 10.2. The Labute approximate surface area is 130 Å². The molecule has 0 bridgehead atoms. The van der Waals surface area contributed by atoms with Crippen molar-refractivity contribution in [3.63, 3.8) is 0 Å².